The number of hydrogen-bond donors (Lipinski definition) is 1. The molecule has 3 nitrogen and oxygen atoms in total. The highest BCUT2D eigenvalue weighted by molar-refractivity contribution is 7.18. The lowest BCUT2D eigenvalue weighted by Crippen LogP contribution is -1.91. The van der Waals surface area contributed by atoms with Gasteiger partial charge in [-0.2, -0.15) is 0 Å². The maximum absolute atomic E-state index is 11.5. The third-order valence-corrected chi connectivity index (χ3v) is 5.61. The summed E-state index contributed by atoms with van der Waals surface area (Å²) in [6, 6.07) is 21.7. The molecule has 5 rings (SSSR count). The van der Waals surface area contributed by atoms with Crippen LogP contribution in [0.25, 0.3) is 32.3 Å². The summed E-state index contributed by atoms with van der Waals surface area (Å²) in [5, 5.41) is 11.6. The molecule has 2 heterocycles. The number of ether oxygens (including phenoxy) is 1. The molecule has 0 amide bonds. The first-order valence-corrected chi connectivity index (χ1v) is 8.70. The molecule has 0 bridgehead atoms. The Bertz CT molecular complexity index is 1160. The Labute approximate surface area is 147 Å². The van der Waals surface area contributed by atoms with Crippen molar-refractivity contribution in [2.45, 2.75) is 0 Å². The summed E-state index contributed by atoms with van der Waals surface area (Å²) in [5.74, 6) is 0.621. The van der Waals surface area contributed by atoms with E-state index in [2.05, 4.69) is 6.07 Å². The molecule has 1 N–H and O–H groups in total. The number of benzene rings is 3. The van der Waals surface area contributed by atoms with E-state index in [0.717, 1.165) is 43.8 Å². The van der Waals surface area contributed by atoms with Gasteiger partial charge in [0.15, 0.2) is 0 Å². The van der Waals surface area contributed by atoms with E-state index in [-0.39, 0.29) is 0 Å². The largest absolute Gasteiger partial charge is 0.477 e. The van der Waals surface area contributed by atoms with Crippen LogP contribution < -0.4 is 4.74 Å². The minimum atomic E-state index is -0.904. The summed E-state index contributed by atoms with van der Waals surface area (Å²) in [7, 11) is 0. The van der Waals surface area contributed by atoms with Crippen LogP contribution in [-0.2, 0) is 0 Å². The highest BCUT2D eigenvalue weighted by Crippen LogP contribution is 2.51. The summed E-state index contributed by atoms with van der Waals surface area (Å²) in [4.78, 5) is 12.8. The molecule has 1 aromatic heterocycles. The lowest BCUT2D eigenvalue weighted by atomic mass is 10.00. The fraction of sp³-hybridized carbons (Fsp3) is 0. The molecular formula is C21H12O3S. The Balaban J connectivity index is 1.92. The maximum atomic E-state index is 11.5. The molecule has 0 atom stereocenters. The summed E-state index contributed by atoms with van der Waals surface area (Å²) < 4.78 is 6.32. The van der Waals surface area contributed by atoms with Gasteiger partial charge in [0.2, 0.25) is 0 Å². The van der Waals surface area contributed by atoms with Gasteiger partial charge in [-0.3, -0.25) is 0 Å². The third-order valence-electron chi connectivity index (χ3n) is 4.46. The van der Waals surface area contributed by atoms with Crippen LogP contribution in [0.5, 0.6) is 11.5 Å². The van der Waals surface area contributed by atoms with Crippen molar-refractivity contribution < 1.29 is 14.6 Å². The predicted octanol–water partition coefficient (Wildman–Crippen LogP) is 6.04. The number of carbonyl (C=O) groups is 1. The lowest BCUT2D eigenvalue weighted by Gasteiger charge is -2.12. The fourth-order valence-corrected chi connectivity index (χ4v) is 4.35. The van der Waals surface area contributed by atoms with Crippen LogP contribution in [0.1, 0.15) is 9.67 Å². The molecule has 4 heteroatoms. The molecule has 0 radical (unpaired) electrons. The van der Waals surface area contributed by atoms with E-state index >= 15 is 0 Å². The Kier molecular flexibility index (Phi) is 2.96. The molecule has 3 aromatic carbocycles. The molecule has 0 saturated carbocycles. The first-order chi connectivity index (χ1) is 12.2. The summed E-state index contributed by atoms with van der Waals surface area (Å²) in [6.07, 6.45) is 0. The van der Waals surface area contributed by atoms with Crippen molar-refractivity contribution in [1.29, 1.82) is 0 Å². The number of carboxylic acids is 1. The van der Waals surface area contributed by atoms with Gasteiger partial charge in [0, 0.05) is 27.0 Å². The molecule has 120 valence electrons. The van der Waals surface area contributed by atoms with E-state index in [1.165, 1.54) is 11.3 Å². The lowest BCUT2D eigenvalue weighted by molar-refractivity contribution is 0.0702. The zero-order valence-electron chi connectivity index (χ0n) is 13.0. The summed E-state index contributed by atoms with van der Waals surface area (Å²) in [5.41, 5.74) is 2.76. The van der Waals surface area contributed by atoms with Crippen LogP contribution in [-0.4, -0.2) is 11.1 Å². The standard InChI is InChI=1S/C21H12O3S/c22-21(23)18-11-16-14-7-3-4-8-17(14)24-19-13-6-2-1-5-12(13)9-10-15(19)20(16)25-18/h1-11H,(H,22,23). The smallest absolute Gasteiger partial charge is 0.345 e. The van der Waals surface area contributed by atoms with E-state index in [9.17, 15) is 9.90 Å². The normalized spacial score (nSPS) is 11.8. The van der Waals surface area contributed by atoms with Gasteiger partial charge in [-0.15, -0.1) is 11.3 Å². The highest BCUT2D eigenvalue weighted by atomic mass is 32.1. The average molecular weight is 344 g/mol. The van der Waals surface area contributed by atoms with Gasteiger partial charge < -0.3 is 9.84 Å². The van der Waals surface area contributed by atoms with Gasteiger partial charge >= 0.3 is 5.97 Å². The molecule has 1 aliphatic heterocycles. The Hall–Kier alpha value is -3.11. The molecule has 0 unspecified atom stereocenters. The van der Waals surface area contributed by atoms with Crippen molar-refractivity contribution in [2.75, 3.05) is 0 Å². The predicted molar refractivity (Wildman–Crippen MR) is 99.7 cm³/mol. The van der Waals surface area contributed by atoms with Crippen LogP contribution in [0.15, 0.2) is 66.7 Å². The average Bonchev–Trinajstić information content (AvgIpc) is 3.03. The van der Waals surface area contributed by atoms with Crippen molar-refractivity contribution in [3.8, 4) is 33.1 Å². The van der Waals surface area contributed by atoms with E-state index in [1.54, 1.807) is 6.07 Å². The van der Waals surface area contributed by atoms with Gasteiger partial charge in [0.25, 0.3) is 0 Å². The molecular weight excluding hydrogens is 332 g/mol. The molecule has 0 aliphatic carbocycles. The third kappa shape index (κ3) is 2.08. The molecule has 0 spiro atoms. The fourth-order valence-electron chi connectivity index (χ4n) is 3.32. The maximum Gasteiger partial charge on any atom is 0.345 e. The van der Waals surface area contributed by atoms with Gasteiger partial charge in [0.05, 0.1) is 0 Å². The van der Waals surface area contributed by atoms with E-state index in [0.29, 0.717) is 4.88 Å². The summed E-state index contributed by atoms with van der Waals surface area (Å²) in [6.45, 7) is 0. The number of aromatic carboxylic acids is 1. The van der Waals surface area contributed by atoms with Gasteiger partial charge in [-0.1, -0.05) is 48.5 Å². The van der Waals surface area contributed by atoms with Crippen molar-refractivity contribution >= 4 is 28.1 Å². The van der Waals surface area contributed by atoms with Crippen molar-refractivity contribution in [3.05, 3.63) is 71.6 Å². The summed E-state index contributed by atoms with van der Waals surface area (Å²) >= 11 is 1.29. The van der Waals surface area contributed by atoms with E-state index in [1.807, 2.05) is 54.6 Å². The Morgan fingerprint density at radius 1 is 0.880 bits per heavy atom. The first-order valence-electron chi connectivity index (χ1n) is 7.89. The number of hydrogen-bond acceptors (Lipinski definition) is 3. The monoisotopic (exact) mass is 344 g/mol. The zero-order valence-corrected chi connectivity index (χ0v) is 13.8. The Morgan fingerprint density at radius 3 is 2.56 bits per heavy atom. The minimum absolute atomic E-state index is 0.334. The molecule has 4 aromatic rings. The first kappa shape index (κ1) is 14.3. The number of para-hydroxylation sites is 1. The Morgan fingerprint density at radius 2 is 1.68 bits per heavy atom. The van der Waals surface area contributed by atoms with Crippen LogP contribution in [0.4, 0.5) is 0 Å². The molecule has 0 saturated heterocycles. The number of carboxylic acid groups (broad SMARTS) is 1. The zero-order chi connectivity index (χ0) is 17.0. The SMILES string of the molecule is O=C(O)c1cc2c(s1)-c1ccc3ccccc3c1Oc1ccccc1-2. The van der Waals surface area contributed by atoms with Crippen LogP contribution in [0.3, 0.4) is 0 Å². The van der Waals surface area contributed by atoms with E-state index in [4.69, 9.17) is 4.74 Å². The molecule has 1 aliphatic rings. The second kappa shape index (κ2) is 5.19. The van der Waals surface area contributed by atoms with Crippen LogP contribution in [0, 0.1) is 0 Å². The molecule has 0 fully saturated rings. The number of thiophene rings is 1. The minimum Gasteiger partial charge on any atom is -0.477 e. The van der Waals surface area contributed by atoms with Crippen molar-refractivity contribution in [3.63, 3.8) is 0 Å². The molecule has 25 heavy (non-hydrogen) atoms. The second-order valence-corrected chi connectivity index (χ2v) is 6.97. The second-order valence-electron chi connectivity index (χ2n) is 5.92. The highest BCUT2D eigenvalue weighted by Gasteiger charge is 2.25. The number of rotatable bonds is 1. The van der Waals surface area contributed by atoms with Crippen LogP contribution >= 0.6 is 11.3 Å². The van der Waals surface area contributed by atoms with Gasteiger partial charge in [0.1, 0.15) is 16.4 Å². The van der Waals surface area contributed by atoms with Gasteiger partial charge in [-0.25, -0.2) is 4.79 Å². The topological polar surface area (TPSA) is 46.5 Å². The van der Waals surface area contributed by atoms with Crippen molar-refractivity contribution in [2.24, 2.45) is 0 Å². The van der Waals surface area contributed by atoms with Gasteiger partial charge in [-0.05, 0) is 23.6 Å². The number of fused-ring (bicyclic) bond motifs is 7. The van der Waals surface area contributed by atoms with E-state index < -0.39 is 5.97 Å². The van der Waals surface area contributed by atoms with Crippen LogP contribution in [0.2, 0.25) is 0 Å². The quantitative estimate of drug-likeness (QED) is 0.403. The van der Waals surface area contributed by atoms with Crippen molar-refractivity contribution in [1.82, 2.24) is 0 Å².